The lowest BCUT2D eigenvalue weighted by Crippen LogP contribution is -2.23. The molecule has 2 aromatic rings. The van der Waals surface area contributed by atoms with Crippen LogP contribution in [0, 0.1) is 0 Å². The second kappa shape index (κ2) is 5.76. The van der Waals surface area contributed by atoms with Crippen molar-refractivity contribution in [3.8, 4) is 5.75 Å². The fourth-order valence-corrected chi connectivity index (χ4v) is 2.34. The van der Waals surface area contributed by atoms with Crippen molar-refractivity contribution in [3.63, 3.8) is 0 Å². The summed E-state index contributed by atoms with van der Waals surface area (Å²) < 4.78 is 6.59. The molecule has 0 heterocycles. The minimum Gasteiger partial charge on any atom is -0.493 e. The van der Waals surface area contributed by atoms with Crippen LogP contribution >= 0.6 is 15.9 Å². The molecule has 0 spiro atoms. The second-order valence-corrected chi connectivity index (χ2v) is 5.42. The van der Waals surface area contributed by atoms with Crippen molar-refractivity contribution in [2.75, 3.05) is 6.61 Å². The van der Waals surface area contributed by atoms with Gasteiger partial charge in [-0.1, -0.05) is 46.3 Å². The van der Waals surface area contributed by atoms with Crippen LogP contribution in [0.5, 0.6) is 5.75 Å². The molecule has 2 aromatic carbocycles. The predicted molar refractivity (Wildman–Crippen MR) is 80.4 cm³/mol. The molecule has 0 fully saturated rings. The first kappa shape index (κ1) is 14.1. The van der Waals surface area contributed by atoms with Crippen LogP contribution in [0.3, 0.4) is 0 Å². The number of ether oxygens (including phenoxy) is 1. The fraction of sp³-hybridized carbons (Fsp3) is 0.250. The number of para-hydroxylation sites is 1. The Balaban J connectivity index is 2.46. The van der Waals surface area contributed by atoms with Crippen LogP contribution in [-0.4, -0.2) is 11.7 Å². The molecule has 0 amide bonds. The monoisotopic (exact) mass is 320 g/mol. The Morgan fingerprint density at radius 3 is 2.37 bits per heavy atom. The molecular formula is C16H17BrO2. The average Bonchev–Trinajstić information content (AvgIpc) is 2.40. The van der Waals surface area contributed by atoms with Crippen LogP contribution in [0.4, 0.5) is 0 Å². The number of benzene rings is 2. The Morgan fingerprint density at radius 2 is 1.74 bits per heavy atom. The zero-order valence-corrected chi connectivity index (χ0v) is 12.6. The molecule has 0 saturated heterocycles. The smallest absolute Gasteiger partial charge is 0.125 e. The SMILES string of the molecule is CCOc1ccccc1C(C)(O)c1ccc(Br)cc1. The zero-order valence-electron chi connectivity index (χ0n) is 11.1. The minimum atomic E-state index is -1.08. The Kier molecular flexibility index (Phi) is 4.27. The number of halogens is 1. The van der Waals surface area contributed by atoms with Gasteiger partial charge in [-0.25, -0.2) is 0 Å². The molecule has 19 heavy (non-hydrogen) atoms. The lowest BCUT2D eigenvalue weighted by molar-refractivity contribution is 0.0981. The molecule has 1 N–H and O–H groups in total. The Hall–Kier alpha value is -1.32. The van der Waals surface area contributed by atoms with Gasteiger partial charge in [0.25, 0.3) is 0 Å². The fourth-order valence-electron chi connectivity index (χ4n) is 2.08. The van der Waals surface area contributed by atoms with E-state index in [4.69, 9.17) is 4.74 Å². The third kappa shape index (κ3) is 2.99. The van der Waals surface area contributed by atoms with E-state index in [9.17, 15) is 5.11 Å². The highest BCUT2D eigenvalue weighted by atomic mass is 79.9. The molecule has 1 unspecified atom stereocenters. The summed E-state index contributed by atoms with van der Waals surface area (Å²) in [6.07, 6.45) is 0. The second-order valence-electron chi connectivity index (χ2n) is 4.51. The van der Waals surface area contributed by atoms with E-state index < -0.39 is 5.60 Å². The summed E-state index contributed by atoms with van der Waals surface area (Å²) in [4.78, 5) is 0. The first-order valence-corrected chi connectivity index (χ1v) is 7.05. The van der Waals surface area contributed by atoms with Gasteiger partial charge >= 0.3 is 0 Å². The summed E-state index contributed by atoms with van der Waals surface area (Å²) in [5, 5.41) is 10.9. The lowest BCUT2D eigenvalue weighted by atomic mass is 9.87. The molecular weight excluding hydrogens is 304 g/mol. The maximum atomic E-state index is 10.9. The molecule has 3 heteroatoms. The van der Waals surface area contributed by atoms with Crippen LogP contribution in [0.15, 0.2) is 53.0 Å². The van der Waals surface area contributed by atoms with Crippen molar-refractivity contribution in [1.82, 2.24) is 0 Å². The Bertz CT molecular complexity index is 547. The van der Waals surface area contributed by atoms with E-state index in [0.29, 0.717) is 6.61 Å². The number of hydrogen-bond acceptors (Lipinski definition) is 2. The van der Waals surface area contributed by atoms with Crippen molar-refractivity contribution in [1.29, 1.82) is 0 Å². The average molecular weight is 321 g/mol. The molecule has 0 aromatic heterocycles. The molecule has 100 valence electrons. The summed E-state index contributed by atoms with van der Waals surface area (Å²) >= 11 is 3.40. The maximum Gasteiger partial charge on any atom is 0.125 e. The highest BCUT2D eigenvalue weighted by Crippen LogP contribution is 2.35. The molecule has 2 nitrogen and oxygen atoms in total. The molecule has 0 aliphatic carbocycles. The highest BCUT2D eigenvalue weighted by molar-refractivity contribution is 9.10. The highest BCUT2D eigenvalue weighted by Gasteiger charge is 2.28. The van der Waals surface area contributed by atoms with Crippen molar-refractivity contribution in [2.24, 2.45) is 0 Å². The molecule has 0 bridgehead atoms. The van der Waals surface area contributed by atoms with E-state index in [-0.39, 0.29) is 0 Å². The quantitative estimate of drug-likeness (QED) is 0.918. The van der Waals surface area contributed by atoms with E-state index in [0.717, 1.165) is 21.3 Å². The molecule has 1 atom stereocenters. The Labute approximate surface area is 122 Å². The van der Waals surface area contributed by atoms with E-state index in [1.807, 2.05) is 55.5 Å². The van der Waals surface area contributed by atoms with E-state index in [1.165, 1.54) is 0 Å². The first-order chi connectivity index (χ1) is 9.05. The summed E-state index contributed by atoms with van der Waals surface area (Å²) in [6, 6.07) is 15.3. The van der Waals surface area contributed by atoms with Crippen LogP contribution in [0.25, 0.3) is 0 Å². The van der Waals surface area contributed by atoms with Crippen molar-refractivity contribution in [3.05, 3.63) is 64.1 Å². The number of aliphatic hydroxyl groups is 1. The molecule has 0 saturated carbocycles. The van der Waals surface area contributed by atoms with E-state index >= 15 is 0 Å². The van der Waals surface area contributed by atoms with Gasteiger partial charge in [-0.15, -0.1) is 0 Å². The normalized spacial score (nSPS) is 13.9. The summed E-state index contributed by atoms with van der Waals surface area (Å²) in [5.74, 6) is 0.720. The largest absolute Gasteiger partial charge is 0.493 e. The van der Waals surface area contributed by atoms with Gasteiger partial charge in [0, 0.05) is 10.0 Å². The molecule has 0 radical (unpaired) electrons. The van der Waals surface area contributed by atoms with Crippen molar-refractivity contribution < 1.29 is 9.84 Å². The molecule has 0 aliphatic heterocycles. The predicted octanol–water partition coefficient (Wildman–Crippen LogP) is 4.10. The first-order valence-electron chi connectivity index (χ1n) is 6.26. The lowest BCUT2D eigenvalue weighted by Gasteiger charge is -2.26. The minimum absolute atomic E-state index is 0.577. The van der Waals surface area contributed by atoms with Gasteiger partial charge in [0.15, 0.2) is 0 Å². The van der Waals surface area contributed by atoms with Gasteiger partial charge in [-0.05, 0) is 37.6 Å². The van der Waals surface area contributed by atoms with Gasteiger partial charge < -0.3 is 9.84 Å². The zero-order chi connectivity index (χ0) is 13.9. The summed E-state index contributed by atoms with van der Waals surface area (Å²) in [5.41, 5.74) is 0.536. The van der Waals surface area contributed by atoms with Gasteiger partial charge in [-0.3, -0.25) is 0 Å². The number of rotatable bonds is 4. The van der Waals surface area contributed by atoms with Crippen LogP contribution < -0.4 is 4.74 Å². The third-order valence-corrected chi connectivity index (χ3v) is 3.65. The van der Waals surface area contributed by atoms with Crippen LogP contribution in [0.2, 0.25) is 0 Å². The van der Waals surface area contributed by atoms with Crippen LogP contribution in [0.1, 0.15) is 25.0 Å². The van der Waals surface area contributed by atoms with Gasteiger partial charge in [-0.2, -0.15) is 0 Å². The number of hydrogen-bond donors (Lipinski definition) is 1. The van der Waals surface area contributed by atoms with E-state index in [1.54, 1.807) is 6.92 Å². The third-order valence-electron chi connectivity index (χ3n) is 3.12. The molecule has 2 rings (SSSR count). The molecule has 0 aliphatic rings. The van der Waals surface area contributed by atoms with Crippen LogP contribution in [-0.2, 0) is 5.60 Å². The van der Waals surface area contributed by atoms with Crippen molar-refractivity contribution >= 4 is 15.9 Å². The van der Waals surface area contributed by atoms with E-state index in [2.05, 4.69) is 15.9 Å². The standard InChI is InChI=1S/C16H17BrO2/c1-3-19-15-7-5-4-6-14(15)16(2,18)12-8-10-13(17)11-9-12/h4-11,18H,3H2,1-2H3. The summed E-state index contributed by atoms with van der Waals surface area (Å²) in [7, 11) is 0. The van der Waals surface area contributed by atoms with Crippen molar-refractivity contribution in [2.45, 2.75) is 19.4 Å². The topological polar surface area (TPSA) is 29.5 Å². The van der Waals surface area contributed by atoms with Gasteiger partial charge in [0.1, 0.15) is 11.4 Å². The van der Waals surface area contributed by atoms with Gasteiger partial charge in [0.2, 0.25) is 0 Å². The summed E-state index contributed by atoms with van der Waals surface area (Å²) in [6.45, 7) is 4.30. The Morgan fingerprint density at radius 1 is 1.11 bits per heavy atom. The van der Waals surface area contributed by atoms with Gasteiger partial charge in [0.05, 0.1) is 6.61 Å². The maximum absolute atomic E-state index is 10.9.